The molecule has 480 valence electrons. The molecule has 0 radical (unpaired) electrons. The van der Waals surface area contributed by atoms with Crippen molar-refractivity contribution in [2.24, 2.45) is 0 Å². The summed E-state index contributed by atoms with van der Waals surface area (Å²) in [6.07, 6.45) is 84.4. The van der Waals surface area contributed by atoms with Gasteiger partial charge in [-0.05, 0) is 89.9 Å². The standard InChI is InChI=1S/C74H131NO8/c1-6-8-10-12-14-16-18-20-22-24-26-28-29-30-31-32-33-34-35-36-37-38-39-40-41-42-43-45-46-48-50-52-54-56-58-60-62-64-71(76)81-68-70(69-82-74(73(78)79)80-67-66-75(3,4)5)83-72(77)65-63-61-59-57-55-53-51-49-47-44-27-25-23-21-19-17-15-13-11-9-7-2/h9,11,15,17,21,23-24,26-27,44,49,51,55,57,70,74H,6-8,10,12-14,16,18-20,22,25,28-43,45-48,50,52-54,56,58-69H2,1-5H3/p+1/b11-9-,17-15-,23-21-,26-24-,44-27-,51-49-,57-55-. The average Bonchev–Trinajstić information content (AvgIpc) is 3.46. The molecule has 0 bridgehead atoms. The van der Waals surface area contributed by atoms with E-state index in [4.69, 9.17) is 18.9 Å². The molecule has 0 aliphatic carbocycles. The van der Waals surface area contributed by atoms with Crippen molar-refractivity contribution in [3.8, 4) is 0 Å². The van der Waals surface area contributed by atoms with Gasteiger partial charge in [0.2, 0.25) is 0 Å². The Kier molecular flexibility index (Phi) is 61.7. The van der Waals surface area contributed by atoms with Crippen LogP contribution in [0.5, 0.6) is 0 Å². The van der Waals surface area contributed by atoms with Gasteiger partial charge in [0.15, 0.2) is 6.10 Å². The van der Waals surface area contributed by atoms with E-state index in [1.165, 1.54) is 205 Å². The van der Waals surface area contributed by atoms with Crippen LogP contribution in [0.3, 0.4) is 0 Å². The van der Waals surface area contributed by atoms with Crippen molar-refractivity contribution in [1.29, 1.82) is 0 Å². The molecular formula is C74H132NO8+. The highest BCUT2D eigenvalue weighted by molar-refractivity contribution is 5.71. The number of carbonyl (C=O) groups excluding carboxylic acids is 2. The third-order valence-corrected chi connectivity index (χ3v) is 15.1. The summed E-state index contributed by atoms with van der Waals surface area (Å²) in [5.74, 6) is -2.06. The van der Waals surface area contributed by atoms with E-state index in [-0.39, 0.29) is 32.2 Å². The first-order chi connectivity index (χ1) is 40.6. The molecule has 0 spiro atoms. The van der Waals surface area contributed by atoms with Crippen LogP contribution >= 0.6 is 0 Å². The lowest BCUT2D eigenvalue weighted by Gasteiger charge is -2.25. The van der Waals surface area contributed by atoms with Gasteiger partial charge < -0.3 is 28.5 Å². The molecule has 0 aromatic heterocycles. The van der Waals surface area contributed by atoms with Crippen LogP contribution in [0, 0.1) is 0 Å². The van der Waals surface area contributed by atoms with Crippen molar-refractivity contribution in [3.05, 3.63) is 85.1 Å². The lowest BCUT2D eigenvalue weighted by atomic mass is 10.0. The second-order valence-electron chi connectivity index (χ2n) is 24.5. The van der Waals surface area contributed by atoms with Crippen LogP contribution in [0.4, 0.5) is 0 Å². The number of nitrogens with zero attached hydrogens (tertiary/aromatic N) is 1. The third-order valence-electron chi connectivity index (χ3n) is 15.1. The van der Waals surface area contributed by atoms with E-state index in [0.29, 0.717) is 23.9 Å². The summed E-state index contributed by atoms with van der Waals surface area (Å²) in [4.78, 5) is 37.5. The highest BCUT2D eigenvalue weighted by Gasteiger charge is 2.25. The van der Waals surface area contributed by atoms with Crippen molar-refractivity contribution in [3.63, 3.8) is 0 Å². The van der Waals surface area contributed by atoms with Gasteiger partial charge in [-0.25, -0.2) is 4.79 Å². The fraction of sp³-hybridized carbons (Fsp3) is 0.770. The Bertz CT molecular complexity index is 1640. The molecule has 1 N–H and O–H groups in total. The fourth-order valence-corrected chi connectivity index (χ4v) is 9.84. The first-order valence-corrected chi connectivity index (χ1v) is 34.8. The van der Waals surface area contributed by atoms with Crippen molar-refractivity contribution >= 4 is 17.9 Å². The molecule has 9 heteroatoms. The minimum Gasteiger partial charge on any atom is -0.477 e. The van der Waals surface area contributed by atoms with Crippen LogP contribution in [0.25, 0.3) is 0 Å². The zero-order valence-corrected chi connectivity index (χ0v) is 54.8. The third kappa shape index (κ3) is 65.9. The van der Waals surface area contributed by atoms with Crippen LogP contribution < -0.4 is 0 Å². The molecular weight excluding hydrogens is 1030 g/mol. The SMILES string of the molecule is CC/C=C\C/C=C\C/C=C\C/C=C\C/C=C\C/C=C\CCCCC(=O)OC(COC(=O)CCCCCCCCCCCCCCCCCCCCCCCCCCC/C=C\CCCCCCCCCC)COC(OCC[N+](C)(C)C)C(=O)O. The highest BCUT2D eigenvalue weighted by atomic mass is 16.7. The Morgan fingerprint density at radius 2 is 0.687 bits per heavy atom. The van der Waals surface area contributed by atoms with Crippen LogP contribution in [0.15, 0.2) is 85.1 Å². The van der Waals surface area contributed by atoms with Gasteiger partial charge in [-0.15, -0.1) is 0 Å². The number of quaternary nitrogens is 1. The molecule has 2 unspecified atom stereocenters. The predicted octanol–water partition coefficient (Wildman–Crippen LogP) is 21.5. The molecule has 2 atom stereocenters. The molecule has 83 heavy (non-hydrogen) atoms. The monoisotopic (exact) mass is 1160 g/mol. The van der Waals surface area contributed by atoms with Gasteiger partial charge >= 0.3 is 17.9 Å². The van der Waals surface area contributed by atoms with Crippen molar-refractivity contribution in [1.82, 2.24) is 0 Å². The van der Waals surface area contributed by atoms with E-state index in [1.54, 1.807) is 0 Å². The van der Waals surface area contributed by atoms with Crippen LogP contribution in [0.2, 0.25) is 0 Å². The van der Waals surface area contributed by atoms with Crippen LogP contribution in [-0.2, 0) is 33.3 Å². The number of hydrogen-bond acceptors (Lipinski definition) is 7. The summed E-state index contributed by atoms with van der Waals surface area (Å²) < 4.78 is 22.9. The molecule has 0 amide bonds. The highest BCUT2D eigenvalue weighted by Crippen LogP contribution is 2.18. The number of carbonyl (C=O) groups is 3. The number of allylic oxidation sites excluding steroid dienone is 14. The Hall–Kier alpha value is -3.53. The Morgan fingerprint density at radius 1 is 0.373 bits per heavy atom. The molecule has 0 saturated carbocycles. The van der Waals surface area contributed by atoms with E-state index in [1.807, 2.05) is 21.1 Å². The maximum absolute atomic E-state index is 12.9. The fourth-order valence-electron chi connectivity index (χ4n) is 9.84. The molecule has 0 saturated heterocycles. The summed E-state index contributed by atoms with van der Waals surface area (Å²) in [5.41, 5.74) is 0. The topological polar surface area (TPSA) is 108 Å². The number of carboxylic acid groups (broad SMARTS) is 1. The number of aliphatic carboxylic acids is 1. The summed E-state index contributed by atoms with van der Waals surface area (Å²) in [6.45, 7) is 4.74. The zero-order chi connectivity index (χ0) is 60.5. The number of rotatable bonds is 64. The van der Waals surface area contributed by atoms with E-state index in [9.17, 15) is 19.5 Å². The number of esters is 2. The van der Waals surface area contributed by atoms with Crippen molar-refractivity contribution in [2.75, 3.05) is 47.5 Å². The van der Waals surface area contributed by atoms with Gasteiger partial charge in [0.25, 0.3) is 6.29 Å². The lowest BCUT2D eigenvalue weighted by Crippen LogP contribution is -2.40. The predicted molar refractivity (Wildman–Crippen MR) is 355 cm³/mol. The first-order valence-electron chi connectivity index (χ1n) is 34.8. The molecule has 0 aromatic carbocycles. The van der Waals surface area contributed by atoms with Crippen LogP contribution in [-0.4, -0.2) is 87.4 Å². The number of ether oxygens (including phenoxy) is 4. The molecule has 0 aliphatic heterocycles. The molecule has 0 aliphatic rings. The summed E-state index contributed by atoms with van der Waals surface area (Å²) >= 11 is 0. The maximum atomic E-state index is 12.9. The van der Waals surface area contributed by atoms with Gasteiger partial charge in [-0.1, -0.05) is 292 Å². The summed E-state index contributed by atoms with van der Waals surface area (Å²) in [6, 6.07) is 0. The molecule has 0 aromatic rings. The Balaban J connectivity index is 4.05. The summed E-state index contributed by atoms with van der Waals surface area (Å²) in [7, 11) is 5.96. The molecule has 0 heterocycles. The second-order valence-corrected chi connectivity index (χ2v) is 24.5. The zero-order valence-electron chi connectivity index (χ0n) is 54.8. The first kappa shape index (κ1) is 79.5. The quantitative estimate of drug-likeness (QED) is 0.0211. The van der Waals surface area contributed by atoms with E-state index in [2.05, 4.69) is 98.9 Å². The van der Waals surface area contributed by atoms with Crippen LogP contribution in [0.1, 0.15) is 309 Å². The number of hydrogen-bond donors (Lipinski definition) is 1. The van der Waals surface area contributed by atoms with Gasteiger partial charge in [0.1, 0.15) is 13.2 Å². The van der Waals surface area contributed by atoms with E-state index in [0.717, 1.165) is 70.6 Å². The van der Waals surface area contributed by atoms with Gasteiger partial charge in [-0.2, -0.15) is 0 Å². The molecule has 9 nitrogen and oxygen atoms in total. The number of likely N-dealkylation sites (N-methyl/N-ethyl adjacent to an activating group) is 1. The summed E-state index contributed by atoms with van der Waals surface area (Å²) in [5, 5.41) is 9.73. The minimum atomic E-state index is -1.53. The van der Waals surface area contributed by atoms with E-state index < -0.39 is 24.3 Å². The Labute approximate surface area is 512 Å². The smallest absolute Gasteiger partial charge is 0.361 e. The Morgan fingerprint density at radius 3 is 1.06 bits per heavy atom. The molecule has 0 fully saturated rings. The normalized spacial score (nSPS) is 13.2. The number of unbranched alkanes of at least 4 members (excludes halogenated alkanes) is 35. The lowest BCUT2D eigenvalue weighted by molar-refractivity contribution is -0.870. The van der Waals surface area contributed by atoms with E-state index >= 15 is 0 Å². The second kappa shape index (κ2) is 64.5. The van der Waals surface area contributed by atoms with Crippen molar-refractivity contribution < 1.29 is 42.9 Å². The maximum Gasteiger partial charge on any atom is 0.361 e. The van der Waals surface area contributed by atoms with Gasteiger partial charge in [-0.3, -0.25) is 9.59 Å². The number of carboxylic acids is 1. The largest absolute Gasteiger partial charge is 0.477 e. The minimum absolute atomic E-state index is 0.176. The van der Waals surface area contributed by atoms with Crippen molar-refractivity contribution in [2.45, 2.75) is 322 Å². The average molecular weight is 1160 g/mol. The van der Waals surface area contributed by atoms with Gasteiger partial charge in [0.05, 0.1) is 34.4 Å². The van der Waals surface area contributed by atoms with Gasteiger partial charge in [0, 0.05) is 12.8 Å². The molecule has 0 rings (SSSR count).